The Morgan fingerprint density at radius 1 is 0.929 bits per heavy atom. The van der Waals surface area contributed by atoms with Gasteiger partial charge in [-0.1, -0.05) is 65.2 Å². The molecule has 0 heterocycles. The molecule has 0 aromatic heterocycles. The first-order valence-corrected chi connectivity index (χ1v) is 12.2. The standard InChI is InChI=1S/C25H43NO2/c1-3-5-7-8-10-21-11-13-23(14-12-21)28-24(27)22-15-18-25(20-26,19-16-22)17-9-6-4-2/h21-23H,3-19H2,1-2H3/t21-,22-,23-,25+. The fraction of sp³-hybridized carbons (Fsp3) is 0.920. The van der Waals surface area contributed by atoms with Crippen molar-refractivity contribution in [1.29, 1.82) is 5.26 Å². The minimum absolute atomic E-state index is 0.0199. The van der Waals surface area contributed by atoms with Gasteiger partial charge in [0.1, 0.15) is 6.10 Å². The van der Waals surface area contributed by atoms with Crippen LogP contribution in [0, 0.1) is 28.6 Å². The second kappa shape index (κ2) is 12.5. The van der Waals surface area contributed by atoms with E-state index in [9.17, 15) is 10.1 Å². The number of nitriles is 1. The molecule has 0 aromatic rings. The Labute approximate surface area is 173 Å². The third-order valence-corrected chi connectivity index (χ3v) is 7.31. The lowest BCUT2D eigenvalue weighted by atomic mass is 9.69. The van der Waals surface area contributed by atoms with E-state index in [-0.39, 0.29) is 23.4 Å². The molecule has 0 saturated heterocycles. The molecular weight excluding hydrogens is 346 g/mol. The van der Waals surface area contributed by atoms with Crippen LogP contribution in [0.2, 0.25) is 0 Å². The van der Waals surface area contributed by atoms with Gasteiger partial charge in [0.25, 0.3) is 0 Å². The van der Waals surface area contributed by atoms with E-state index >= 15 is 0 Å². The van der Waals surface area contributed by atoms with Gasteiger partial charge in [-0.3, -0.25) is 4.79 Å². The summed E-state index contributed by atoms with van der Waals surface area (Å²) >= 11 is 0. The van der Waals surface area contributed by atoms with Crippen molar-refractivity contribution in [2.24, 2.45) is 17.3 Å². The Kier molecular flexibility index (Phi) is 10.4. The molecule has 28 heavy (non-hydrogen) atoms. The highest BCUT2D eigenvalue weighted by atomic mass is 16.5. The molecule has 0 spiro atoms. The molecule has 0 amide bonds. The van der Waals surface area contributed by atoms with Crippen LogP contribution < -0.4 is 0 Å². The molecule has 2 saturated carbocycles. The van der Waals surface area contributed by atoms with Gasteiger partial charge in [-0.05, 0) is 63.7 Å². The van der Waals surface area contributed by atoms with E-state index in [2.05, 4.69) is 19.9 Å². The molecule has 0 atom stereocenters. The molecule has 0 N–H and O–H groups in total. The highest BCUT2D eigenvalue weighted by molar-refractivity contribution is 5.72. The molecule has 2 rings (SSSR count). The molecule has 0 radical (unpaired) electrons. The normalized spacial score (nSPS) is 30.5. The Morgan fingerprint density at radius 3 is 2.18 bits per heavy atom. The molecule has 0 aromatic carbocycles. The second-order valence-electron chi connectivity index (χ2n) is 9.55. The van der Waals surface area contributed by atoms with Crippen LogP contribution in [0.4, 0.5) is 0 Å². The van der Waals surface area contributed by atoms with Crippen molar-refractivity contribution >= 4 is 5.97 Å². The summed E-state index contributed by atoms with van der Waals surface area (Å²) < 4.78 is 5.90. The number of ether oxygens (including phenoxy) is 1. The minimum atomic E-state index is -0.179. The van der Waals surface area contributed by atoms with Gasteiger partial charge in [-0.25, -0.2) is 0 Å². The van der Waals surface area contributed by atoms with Crippen LogP contribution in [-0.2, 0) is 9.53 Å². The average molecular weight is 390 g/mol. The zero-order valence-electron chi connectivity index (χ0n) is 18.5. The Morgan fingerprint density at radius 2 is 1.57 bits per heavy atom. The van der Waals surface area contributed by atoms with Crippen molar-refractivity contribution in [2.75, 3.05) is 0 Å². The van der Waals surface area contributed by atoms with Crippen LogP contribution in [0.25, 0.3) is 0 Å². The van der Waals surface area contributed by atoms with Crippen molar-refractivity contribution in [1.82, 2.24) is 0 Å². The molecular formula is C25H43NO2. The molecule has 160 valence electrons. The van der Waals surface area contributed by atoms with Gasteiger partial charge < -0.3 is 4.74 Å². The predicted octanol–water partition coefficient (Wildman–Crippen LogP) is 7.34. The van der Waals surface area contributed by atoms with Crippen LogP contribution in [0.1, 0.15) is 123 Å². The van der Waals surface area contributed by atoms with Crippen LogP contribution >= 0.6 is 0 Å². The Balaban J connectivity index is 1.66. The van der Waals surface area contributed by atoms with Gasteiger partial charge in [-0.2, -0.15) is 5.26 Å². The van der Waals surface area contributed by atoms with Crippen LogP contribution in [0.15, 0.2) is 0 Å². The third-order valence-electron chi connectivity index (χ3n) is 7.31. The van der Waals surface area contributed by atoms with Crippen LogP contribution in [0.5, 0.6) is 0 Å². The van der Waals surface area contributed by atoms with E-state index in [1.165, 1.54) is 57.8 Å². The maximum Gasteiger partial charge on any atom is 0.309 e. The smallest absolute Gasteiger partial charge is 0.309 e. The lowest BCUT2D eigenvalue weighted by Gasteiger charge is -2.35. The van der Waals surface area contributed by atoms with Crippen molar-refractivity contribution in [3.8, 4) is 6.07 Å². The molecule has 2 aliphatic carbocycles. The molecule has 0 aliphatic heterocycles. The summed E-state index contributed by atoms with van der Waals surface area (Å²) in [6.45, 7) is 4.46. The van der Waals surface area contributed by atoms with Gasteiger partial charge >= 0.3 is 5.97 Å². The summed E-state index contributed by atoms with van der Waals surface area (Å²) in [6, 6.07) is 2.59. The second-order valence-corrected chi connectivity index (χ2v) is 9.55. The van der Waals surface area contributed by atoms with Crippen molar-refractivity contribution in [3.05, 3.63) is 0 Å². The summed E-state index contributed by atoms with van der Waals surface area (Å²) in [5.74, 6) is 0.895. The molecule has 2 aliphatic rings. The van der Waals surface area contributed by atoms with E-state index < -0.39 is 0 Å². The van der Waals surface area contributed by atoms with E-state index in [1.54, 1.807) is 0 Å². The third kappa shape index (κ3) is 7.41. The monoisotopic (exact) mass is 389 g/mol. The number of unbranched alkanes of at least 4 members (excludes halogenated alkanes) is 5. The summed E-state index contributed by atoms with van der Waals surface area (Å²) in [5.41, 5.74) is -0.179. The van der Waals surface area contributed by atoms with Gasteiger partial charge in [-0.15, -0.1) is 0 Å². The number of carbonyl (C=O) groups excluding carboxylic acids is 1. The number of hydrogen-bond donors (Lipinski definition) is 0. The quantitative estimate of drug-likeness (QED) is 0.274. The number of esters is 1. The van der Waals surface area contributed by atoms with Gasteiger partial charge in [0, 0.05) is 0 Å². The predicted molar refractivity (Wildman–Crippen MR) is 115 cm³/mol. The first kappa shape index (κ1) is 23.2. The maximum absolute atomic E-state index is 12.6. The minimum Gasteiger partial charge on any atom is -0.462 e. The van der Waals surface area contributed by atoms with E-state index in [0.29, 0.717) is 0 Å². The highest BCUT2D eigenvalue weighted by Crippen LogP contribution is 2.43. The highest BCUT2D eigenvalue weighted by Gasteiger charge is 2.38. The van der Waals surface area contributed by atoms with Crippen LogP contribution in [0.3, 0.4) is 0 Å². The molecule has 0 bridgehead atoms. The van der Waals surface area contributed by atoms with Gasteiger partial charge in [0.2, 0.25) is 0 Å². The SMILES string of the molecule is CCCCCC[C@H]1CC[C@H](OC(=O)[C@H]2CC[C@](C#N)(CCCCC)CC2)CC1. The maximum atomic E-state index is 12.6. The molecule has 0 unspecified atom stereocenters. The average Bonchev–Trinajstić information content (AvgIpc) is 2.73. The number of carbonyl (C=O) groups is 1. The fourth-order valence-corrected chi connectivity index (χ4v) is 5.20. The molecule has 3 heteroatoms. The molecule has 2 fully saturated rings. The Hall–Kier alpha value is -1.04. The van der Waals surface area contributed by atoms with E-state index in [0.717, 1.165) is 57.3 Å². The van der Waals surface area contributed by atoms with Crippen molar-refractivity contribution < 1.29 is 9.53 Å². The largest absolute Gasteiger partial charge is 0.462 e. The number of nitrogens with zero attached hydrogens (tertiary/aromatic N) is 1. The zero-order chi connectivity index (χ0) is 20.2. The first-order valence-electron chi connectivity index (χ1n) is 12.2. The zero-order valence-corrected chi connectivity index (χ0v) is 18.5. The summed E-state index contributed by atoms with van der Waals surface area (Å²) in [7, 11) is 0. The summed E-state index contributed by atoms with van der Waals surface area (Å²) in [4.78, 5) is 12.6. The number of hydrogen-bond acceptors (Lipinski definition) is 3. The number of rotatable bonds is 11. The van der Waals surface area contributed by atoms with Crippen molar-refractivity contribution in [3.63, 3.8) is 0 Å². The first-order chi connectivity index (χ1) is 13.6. The van der Waals surface area contributed by atoms with Crippen molar-refractivity contribution in [2.45, 2.75) is 129 Å². The van der Waals surface area contributed by atoms with Crippen LogP contribution in [-0.4, -0.2) is 12.1 Å². The van der Waals surface area contributed by atoms with E-state index in [4.69, 9.17) is 4.74 Å². The molecule has 3 nitrogen and oxygen atoms in total. The summed E-state index contributed by atoms with van der Waals surface area (Å²) in [6.07, 6.45) is 19.4. The van der Waals surface area contributed by atoms with Gasteiger partial charge in [0.05, 0.1) is 17.4 Å². The fourth-order valence-electron chi connectivity index (χ4n) is 5.20. The Bertz CT molecular complexity index is 479. The lowest BCUT2D eigenvalue weighted by molar-refractivity contribution is -0.157. The van der Waals surface area contributed by atoms with E-state index in [1.807, 2.05) is 0 Å². The topological polar surface area (TPSA) is 50.1 Å². The lowest BCUT2D eigenvalue weighted by Crippen LogP contribution is -2.33. The van der Waals surface area contributed by atoms with Gasteiger partial charge in [0.15, 0.2) is 0 Å². The summed E-state index contributed by atoms with van der Waals surface area (Å²) in [5, 5.41) is 9.68.